The molecule has 0 saturated heterocycles. The van der Waals surface area contributed by atoms with Crippen LogP contribution in [-0.4, -0.2) is 4.92 Å². The number of nitro groups is 1. The van der Waals surface area contributed by atoms with Gasteiger partial charge in [0.1, 0.15) is 0 Å². The molecule has 0 aromatic heterocycles. The summed E-state index contributed by atoms with van der Waals surface area (Å²) in [7, 11) is 0. The van der Waals surface area contributed by atoms with Crippen LogP contribution in [0.2, 0.25) is 0 Å². The molecule has 13 heavy (non-hydrogen) atoms. The number of rotatable bonds is 4. The molecule has 0 fully saturated rings. The quantitative estimate of drug-likeness (QED) is 0.380. The summed E-state index contributed by atoms with van der Waals surface area (Å²) in [6.45, 7) is 5.64. The van der Waals surface area contributed by atoms with E-state index in [1.807, 2.05) is 32.1 Å². The van der Waals surface area contributed by atoms with Gasteiger partial charge < -0.3 is 0 Å². The van der Waals surface area contributed by atoms with Gasteiger partial charge in [-0.3, -0.25) is 10.1 Å². The van der Waals surface area contributed by atoms with Crippen LogP contribution in [0.25, 0.3) is 0 Å². The molecule has 3 heteroatoms. The molecule has 0 aliphatic carbocycles. The zero-order valence-electron chi connectivity index (χ0n) is 8.28. The molecule has 0 atom stereocenters. The monoisotopic (exact) mass is 181 g/mol. The van der Waals surface area contributed by atoms with Crippen molar-refractivity contribution in [2.75, 3.05) is 0 Å². The first-order chi connectivity index (χ1) is 6.11. The van der Waals surface area contributed by atoms with Crippen LogP contribution in [0.15, 0.2) is 35.6 Å². The number of hydrogen-bond acceptors (Lipinski definition) is 2. The summed E-state index contributed by atoms with van der Waals surface area (Å²) in [5.74, 6) is 0. The van der Waals surface area contributed by atoms with E-state index < -0.39 is 4.92 Å². The molecule has 72 valence electrons. The molecule has 0 saturated carbocycles. The number of nitrogens with zero attached hydrogens (tertiary/aromatic N) is 1. The van der Waals surface area contributed by atoms with Gasteiger partial charge in [0.05, 0.1) is 4.92 Å². The molecule has 0 aliphatic heterocycles. The minimum absolute atomic E-state index is 0.422. The Labute approximate surface area is 78.6 Å². The highest BCUT2D eigenvalue weighted by Gasteiger charge is 2.00. The van der Waals surface area contributed by atoms with Gasteiger partial charge in [0.15, 0.2) is 0 Å². The summed E-state index contributed by atoms with van der Waals surface area (Å²) >= 11 is 0. The van der Waals surface area contributed by atoms with E-state index in [9.17, 15) is 10.1 Å². The minimum Gasteiger partial charge on any atom is -0.259 e. The normalized spacial score (nSPS) is 13.8. The van der Waals surface area contributed by atoms with Gasteiger partial charge in [-0.1, -0.05) is 25.2 Å². The third-order valence-corrected chi connectivity index (χ3v) is 1.68. The van der Waals surface area contributed by atoms with Gasteiger partial charge in [0, 0.05) is 5.57 Å². The molecule has 0 aromatic rings. The maximum absolute atomic E-state index is 10.2. The van der Waals surface area contributed by atoms with Gasteiger partial charge >= 0.3 is 0 Å². The van der Waals surface area contributed by atoms with E-state index >= 15 is 0 Å². The van der Waals surface area contributed by atoms with Crippen LogP contribution >= 0.6 is 0 Å². The van der Waals surface area contributed by atoms with Crippen LogP contribution in [-0.2, 0) is 0 Å². The number of hydrogen-bond donors (Lipinski definition) is 0. The second kappa shape index (κ2) is 6.17. The molecule has 0 rings (SSSR count). The Balaban J connectivity index is 4.67. The van der Waals surface area contributed by atoms with E-state index in [-0.39, 0.29) is 0 Å². The van der Waals surface area contributed by atoms with Crippen molar-refractivity contribution in [1.82, 2.24) is 0 Å². The lowest BCUT2D eigenvalue weighted by Crippen LogP contribution is -1.90. The second-order valence-electron chi connectivity index (χ2n) is 2.67. The molecule has 0 bridgehead atoms. The molecule has 0 unspecified atom stereocenters. The molecule has 0 aliphatic rings. The molecular formula is C10H15NO2. The molecule has 0 radical (unpaired) electrons. The predicted molar refractivity (Wildman–Crippen MR) is 53.9 cm³/mol. The van der Waals surface area contributed by atoms with Crippen molar-refractivity contribution in [3.63, 3.8) is 0 Å². The van der Waals surface area contributed by atoms with Crippen molar-refractivity contribution in [3.05, 3.63) is 45.7 Å². The van der Waals surface area contributed by atoms with Crippen LogP contribution < -0.4 is 0 Å². The van der Waals surface area contributed by atoms with Crippen LogP contribution in [0.3, 0.4) is 0 Å². The SMILES string of the molecule is C\C=C/C=C(CC)\C(C)=C\[N+](=O)[O-]. The highest BCUT2D eigenvalue weighted by atomic mass is 16.6. The van der Waals surface area contributed by atoms with Crippen molar-refractivity contribution < 1.29 is 4.92 Å². The zero-order chi connectivity index (χ0) is 10.3. The van der Waals surface area contributed by atoms with Crippen molar-refractivity contribution in [1.29, 1.82) is 0 Å². The lowest BCUT2D eigenvalue weighted by molar-refractivity contribution is -0.403. The van der Waals surface area contributed by atoms with Crippen molar-refractivity contribution >= 4 is 0 Å². The van der Waals surface area contributed by atoms with Crippen LogP contribution in [0.5, 0.6) is 0 Å². The largest absolute Gasteiger partial charge is 0.259 e. The Morgan fingerprint density at radius 3 is 2.54 bits per heavy atom. The fourth-order valence-corrected chi connectivity index (χ4v) is 0.982. The van der Waals surface area contributed by atoms with Gasteiger partial charge in [-0.15, -0.1) is 0 Å². The van der Waals surface area contributed by atoms with E-state index in [0.717, 1.165) is 18.2 Å². The summed E-state index contributed by atoms with van der Waals surface area (Å²) in [4.78, 5) is 9.77. The summed E-state index contributed by atoms with van der Waals surface area (Å²) in [5, 5.41) is 10.2. The van der Waals surface area contributed by atoms with Crippen LogP contribution in [0, 0.1) is 10.1 Å². The van der Waals surface area contributed by atoms with Gasteiger partial charge in [0.2, 0.25) is 6.20 Å². The molecule has 0 aromatic carbocycles. The Bertz CT molecular complexity index is 262. The second-order valence-corrected chi connectivity index (χ2v) is 2.67. The Morgan fingerprint density at radius 1 is 1.54 bits per heavy atom. The average molecular weight is 181 g/mol. The molecular weight excluding hydrogens is 166 g/mol. The zero-order valence-corrected chi connectivity index (χ0v) is 8.28. The first kappa shape index (κ1) is 11.6. The van der Waals surface area contributed by atoms with Gasteiger partial charge in [-0.05, 0) is 25.8 Å². The average Bonchev–Trinajstić information content (AvgIpc) is 2.04. The third-order valence-electron chi connectivity index (χ3n) is 1.68. The van der Waals surface area contributed by atoms with E-state index in [4.69, 9.17) is 0 Å². The van der Waals surface area contributed by atoms with E-state index in [1.54, 1.807) is 6.92 Å². The summed E-state index contributed by atoms with van der Waals surface area (Å²) in [6.07, 6.45) is 7.53. The van der Waals surface area contributed by atoms with Crippen LogP contribution in [0.4, 0.5) is 0 Å². The van der Waals surface area contributed by atoms with Crippen molar-refractivity contribution in [2.45, 2.75) is 27.2 Å². The summed E-state index contributed by atoms with van der Waals surface area (Å²) in [5.41, 5.74) is 1.71. The molecule has 0 heterocycles. The molecule has 3 nitrogen and oxygen atoms in total. The predicted octanol–water partition coefficient (Wildman–Crippen LogP) is 3.08. The van der Waals surface area contributed by atoms with E-state index in [0.29, 0.717) is 5.57 Å². The molecule has 0 amide bonds. The number of allylic oxidation sites excluding steroid dienone is 5. The lowest BCUT2D eigenvalue weighted by Gasteiger charge is -1.99. The third kappa shape index (κ3) is 4.95. The molecule has 0 N–H and O–H groups in total. The first-order valence-electron chi connectivity index (χ1n) is 4.26. The molecule has 0 spiro atoms. The summed E-state index contributed by atoms with van der Waals surface area (Å²) < 4.78 is 0. The minimum atomic E-state index is -0.422. The topological polar surface area (TPSA) is 43.1 Å². The van der Waals surface area contributed by atoms with Crippen LogP contribution in [0.1, 0.15) is 27.2 Å². The standard InChI is InChI=1S/C10H15NO2/c1-4-6-7-10(5-2)9(3)8-11(12)13/h4,6-8H,5H2,1-3H3/b6-4-,9-8+,10-7-. The van der Waals surface area contributed by atoms with E-state index in [1.165, 1.54) is 0 Å². The Hall–Kier alpha value is -1.38. The highest BCUT2D eigenvalue weighted by molar-refractivity contribution is 5.30. The van der Waals surface area contributed by atoms with Gasteiger partial charge in [-0.25, -0.2) is 0 Å². The Morgan fingerprint density at radius 2 is 2.15 bits per heavy atom. The fraction of sp³-hybridized carbons (Fsp3) is 0.400. The lowest BCUT2D eigenvalue weighted by atomic mass is 10.1. The van der Waals surface area contributed by atoms with Crippen molar-refractivity contribution in [2.24, 2.45) is 0 Å². The highest BCUT2D eigenvalue weighted by Crippen LogP contribution is 2.12. The maximum atomic E-state index is 10.2. The fourth-order valence-electron chi connectivity index (χ4n) is 0.982. The van der Waals surface area contributed by atoms with E-state index in [2.05, 4.69) is 0 Å². The smallest absolute Gasteiger partial charge is 0.237 e. The van der Waals surface area contributed by atoms with Crippen molar-refractivity contribution in [3.8, 4) is 0 Å². The Kier molecular flexibility index (Phi) is 5.52. The van der Waals surface area contributed by atoms with Gasteiger partial charge in [-0.2, -0.15) is 0 Å². The first-order valence-corrected chi connectivity index (χ1v) is 4.26. The summed E-state index contributed by atoms with van der Waals surface area (Å²) in [6, 6.07) is 0. The maximum Gasteiger partial charge on any atom is 0.237 e. The van der Waals surface area contributed by atoms with Gasteiger partial charge in [0.25, 0.3) is 0 Å².